The molecule has 3 rings (SSSR count). The SMILES string of the molecule is Cc1ccc(C(=O)COC(=O)c2ccc(CN3CC(C)OC(C)C3)cc2)s1. The van der Waals surface area contributed by atoms with Crippen LogP contribution in [0, 0.1) is 6.92 Å². The molecule has 0 spiro atoms. The molecule has 1 fully saturated rings. The predicted molar refractivity (Wildman–Crippen MR) is 105 cm³/mol. The monoisotopic (exact) mass is 387 g/mol. The van der Waals surface area contributed by atoms with Crippen molar-refractivity contribution in [3.8, 4) is 0 Å². The molecule has 144 valence electrons. The first-order chi connectivity index (χ1) is 12.9. The number of carbonyl (C=O) groups excluding carboxylic acids is 2. The highest BCUT2D eigenvalue weighted by molar-refractivity contribution is 7.14. The van der Waals surface area contributed by atoms with E-state index in [1.807, 2.05) is 25.1 Å². The van der Waals surface area contributed by atoms with E-state index >= 15 is 0 Å². The van der Waals surface area contributed by atoms with E-state index in [1.165, 1.54) is 11.3 Å². The molecular formula is C21H25NO4S. The summed E-state index contributed by atoms with van der Waals surface area (Å²) in [6.45, 7) is 8.50. The van der Waals surface area contributed by atoms with Crippen molar-refractivity contribution < 1.29 is 19.1 Å². The Balaban J connectivity index is 1.52. The van der Waals surface area contributed by atoms with E-state index in [1.54, 1.807) is 18.2 Å². The van der Waals surface area contributed by atoms with Crippen LogP contribution in [0.5, 0.6) is 0 Å². The Labute approximate surface area is 163 Å². The number of esters is 1. The van der Waals surface area contributed by atoms with E-state index in [4.69, 9.17) is 9.47 Å². The molecule has 1 aromatic carbocycles. The van der Waals surface area contributed by atoms with Gasteiger partial charge in [-0.3, -0.25) is 9.69 Å². The topological polar surface area (TPSA) is 55.8 Å². The number of thiophene rings is 1. The maximum Gasteiger partial charge on any atom is 0.338 e. The van der Waals surface area contributed by atoms with Crippen LogP contribution in [0.25, 0.3) is 0 Å². The van der Waals surface area contributed by atoms with Crippen molar-refractivity contribution in [2.24, 2.45) is 0 Å². The predicted octanol–water partition coefficient (Wildman–Crippen LogP) is 3.71. The molecule has 1 saturated heterocycles. The second-order valence-electron chi connectivity index (χ2n) is 7.06. The van der Waals surface area contributed by atoms with E-state index in [0.29, 0.717) is 10.4 Å². The summed E-state index contributed by atoms with van der Waals surface area (Å²) in [5, 5.41) is 0. The quantitative estimate of drug-likeness (QED) is 0.559. The maximum atomic E-state index is 12.2. The average Bonchev–Trinajstić information content (AvgIpc) is 3.05. The molecule has 2 unspecified atom stereocenters. The van der Waals surface area contributed by atoms with Crippen molar-refractivity contribution in [3.63, 3.8) is 0 Å². The number of hydrogen-bond donors (Lipinski definition) is 0. The number of benzene rings is 1. The largest absolute Gasteiger partial charge is 0.454 e. The number of rotatable bonds is 6. The molecule has 0 saturated carbocycles. The van der Waals surface area contributed by atoms with E-state index in [-0.39, 0.29) is 24.6 Å². The number of hydrogen-bond acceptors (Lipinski definition) is 6. The molecule has 1 aromatic heterocycles. The van der Waals surface area contributed by atoms with Gasteiger partial charge < -0.3 is 9.47 Å². The highest BCUT2D eigenvalue weighted by Gasteiger charge is 2.22. The van der Waals surface area contributed by atoms with Gasteiger partial charge in [0.15, 0.2) is 6.61 Å². The summed E-state index contributed by atoms with van der Waals surface area (Å²) in [6, 6.07) is 11.0. The van der Waals surface area contributed by atoms with Gasteiger partial charge in [0.1, 0.15) is 0 Å². The molecular weight excluding hydrogens is 362 g/mol. The summed E-state index contributed by atoms with van der Waals surface area (Å²) in [7, 11) is 0. The van der Waals surface area contributed by atoms with E-state index in [9.17, 15) is 9.59 Å². The molecule has 0 radical (unpaired) electrons. The van der Waals surface area contributed by atoms with Crippen molar-refractivity contribution >= 4 is 23.1 Å². The van der Waals surface area contributed by atoms with Crippen LogP contribution in [-0.2, 0) is 16.0 Å². The normalized spacial score (nSPS) is 20.4. The smallest absolute Gasteiger partial charge is 0.338 e. The van der Waals surface area contributed by atoms with Gasteiger partial charge in [-0.25, -0.2) is 4.79 Å². The number of carbonyl (C=O) groups is 2. The van der Waals surface area contributed by atoms with E-state index < -0.39 is 5.97 Å². The molecule has 1 aliphatic rings. The first kappa shape index (κ1) is 19.7. The third-order valence-electron chi connectivity index (χ3n) is 4.44. The summed E-state index contributed by atoms with van der Waals surface area (Å²) in [5.41, 5.74) is 1.59. The van der Waals surface area contributed by atoms with E-state index in [2.05, 4.69) is 18.7 Å². The minimum absolute atomic E-state index is 0.173. The molecule has 1 aliphatic heterocycles. The molecule has 6 heteroatoms. The van der Waals surface area contributed by atoms with Crippen LogP contribution in [0.1, 0.15) is 44.3 Å². The highest BCUT2D eigenvalue weighted by atomic mass is 32.1. The van der Waals surface area contributed by atoms with Crippen LogP contribution in [-0.4, -0.2) is 48.6 Å². The van der Waals surface area contributed by atoms with Gasteiger partial charge in [-0.05, 0) is 50.6 Å². The zero-order chi connectivity index (χ0) is 19.4. The standard InChI is InChI=1S/C21H25NO4S/c1-14-10-22(11-15(2)26-14)12-17-5-7-18(8-6-17)21(24)25-13-19(23)20-9-4-16(3)27-20/h4-9,14-15H,10-13H2,1-3H3. The van der Waals surface area contributed by atoms with Crippen LogP contribution in [0.2, 0.25) is 0 Å². The minimum Gasteiger partial charge on any atom is -0.454 e. The van der Waals surface area contributed by atoms with Crippen LogP contribution in [0.15, 0.2) is 36.4 Å². The van der Waals surface area contributed by atoms with E-state index in [0.717, 1.165) is 30.1 Å². The van der Waals surface area contributed by atoms with Gasteiger partial charge >= 0.3 is 5.97 Å². The van der Waals surface area contributed by atoms with Gasteiger partial charge in [0.25, 0.3) is 0 Å². The molecule has 0 aliphatic carbocycles. The molecule has 2 atom stereocenters. The van der Waals surface area contributed by atoms with Gasteiger partial charge in [0.05, 0.1) is 22.6 Å². The second-order valence-corrected chi connectivity index (χ2v) is 8.35. The lowest BCUT2D eigenvalue weighted by Crippen LogP contribution is -2.44. The molecule has 2 heterocycles. The lowest BCUT2D eigenvalue weighted by molar-refractivity contribution is -0.0704. The number of morpholine rings is 1. The Morgan fingerprint density at radius 1 is 1.11 bits per heavy atom. The summed E-state index contributed by atoms with van der Waals surface area (Å²) < 4.78 is 10.9. The summed E-state index contributed by atoms with van der Waals surface area (Å²) in [4.78, 5) is 28.2. The minimum atomic E-state index is -0.475. The number of nitrogens with zero attached hydrogens (tertiary/aromatic N) is 1. The van der Waals surface area contributed by atoms with Gasteiger partial charge in [-0.1, -0.05) is 12.1 Å². The Bertz CT molecular complexity index is 789. The zero-order valence-corrected chi connectivity index (χ0v) is 16.8. The fraction of sp³-hybridized carbons (Fsp3) is 0.429. The van der Waals surface area contributed by atoms with Crippen molar-refractivity contribution in [2.45, 2.75) is 39.5 Å². The van der Waals surface area contributed by atoms with Gasteiger partial charge in [0.2, 0.25) is 5.78 Å². The molecule has 5 nitrogen and oxygen atoms in total. The summed E-state index contributed by atoms with van der Waals surface area (Å²) >= 11 is 1.41. The van der Waals surface area contributed by atoms with Crippen molar-refractivity contribution in [3.05, 3.63) is 57.3 Å². The van der Waals surface area contributed by atoms with Crippen molar-refractivity contribution in [1.29, 1.82) is 0 Å². The second kappa shape index (κ2) is 8.78. The lowest BCUT2D eigenvalue weighted by atomic mass is 10.1. The fourth-order valence-corrected chi connectivity index (χ4v) is 4.08. The Kier molecular flexibility index (Phi) is 6.42. The molecule has 0 amide bonds. The molecule has 0 bridgehead atoms. The third kappa shape index (κ3) is 5.48. The Hall–Kier alpha value is -2.02. The number of ketones is 1. The number of ether oxygens (including phenoxy) is 2. The first-order valence-electron chi connectivity index (χ1n) is 9.14. The van der Waals surface area contributed by atoms with Crippen LogP contribution in [0.4, 0.5) is 0 Å². The molecule has 2 aromatic rings. The van der Waals surface area contributed by atoms with Gasteiger partial charge in [0, 0.05) is 24.5 Å². The fourth-order valence-electron chi connectivity index (χ4n) is 3.29. The summed E-state index contributed by atoms with van der Waals surface area (Å²) in [5.74, 6) is -0.648. The van der Waals surface area contributed by atoms with Gasteiger partial charge in [-0.15, -0.1) is 11.3 Å². The van der Waals surface area contributed by atoms with Crippen LogP contribution >= 0.6 is 11.3 Å². The average molecular weight is 388 g/mol. The Morgan fingerprint density at radius 3 is 2.37 bits per heavy atom. The van der Waals surface area contributed by atoms with Crippen molar-refractivity contribution in [2.75, 3.05) is 19.7 Å². The van der Waals surface area contributed by atoms with Crippen LogP contribution in [0.3, 0.4) is 0 Å². The van der Waals surface area contributed by atoms with Gasteiger partial charge in [-0.2, -0.15) is 0 Å². The molecule has 27 heavy (non-hydrogen) atoms. The first-order valence-corrected chi connectivity index (χ1v) is 9.96. The molecule has 0 N–H and O–H groups in total. The van der Waals surface area contributed by atoms with Crippen LogP contribution < -0.4 is 0 Å². The number of aryl methyl sites for hydroxylation is 1. The number of Topliss-reactive ketones (excluding diaryl/α,β-unsaturated/α-hetero) is 1. The Morgan fingerprint density at radius 2 is 1.78 bits per heavy atom. The van der Waals surface area contributed by atoms with Crippen molar-refractivity contribution in [1.82, 2.24) is 4.90 Å². The third-order valence-corrected chi connectivity index (χ3v) is 5.48. The lowest BCUT2D eigenvalue weighted by Gasteiger charge is -2.35. The summed E-state index contributed by atoms with van der Waals surface area (Å²) in [6.07, 6.45) is 0.459. The highest BCUT2D eigenvalue weighted by Crippen LogP contribution is 2.17. The maximum absolute atomic E-state index is 12.2. The zero-order valence-electron chi connectivity index (χ0n) is 15.9.